The third-order valence-electron chi connectivity index (χ3n) is 2.71. The molecule has 106 valence electrons. The molecule has 0 spiro atoms. The number of nitrogens with zero attached hydrogens (tertiary/aromatic N) is 6. The average Bonchev–Trinajstić information content (AvgIpc) is 3.02. The van der Waals surface area contributed by atoms with E-state index in [4.69, 9.17) is 0 Å². The molecule has 8 heteroatoms. The Kier molecular flexibility index (Phi) is 3.50. The molecule has 3 rings (SSSR count). The van der Waals surface area contributed by atoms with Crippen molar-refractivity contribution < 1.29 is 4.39 Å². The van der Waals surface area contributed by atoms with Crippen LogP contribution in [0.4, 0.5) is 10.3 Å². The van der Waals surface area contributed by atoms with Crippen LogP contribution < -0.4 is 5.32 Å². The maximum atomic E-state index is 13.9. The molecule has 0 aliphatic carbocycles. The Hall–Kier alpha value is -2.90. The molecule has 0 amide bonds. The summed E-state index contributed by atoms with van der Waals surface area (Å²) < 4.78 is 15.5. The van der Waals surface area contributed by atoms with E-state index in [0.717, 1.165) is 6.20 Å². The Labute approximate surface area is 120 Å². The van der Waals surface area contributed by atoms with Crippen LogP contribution in [0.2, 0.25) is 0 Å². The van der Waals surface area contributed by atoms with E-state index >= 15 is 0 Å². The van der Waals surface area contributed by atoms with E-state index in [0.29, 0.717) is 18.4 Å². The first-order valence-electron chi connectivity index (χ1n) is 6.36. The molecule has 1 N–H and O–H groups in total. The summed E-state index contributed by atoms with van der Waals surface area (Å²) in [5.41, 5.74) is 0.271. The summed E-state index contributed by atoms with van der Waals surface area (Å²) in [4.78, 5) is 20.5. The minimum absolute atomic E-state index is 0.240. The van der Waals surface area contributed by atoms with E-state index in [-0.39, 0.29) is 11.4 Å². The third kappa shape index (κ3) is 2.69. The summed E-state index contributed by atoms with van der Waals surface area (Å²) in [6.45, 7) is 2.57. The molecular formula is C13H12FN7. The zero-order valence-corrected chi connectivity index (χ0v) is 11.2. The summed E-state index contributed by atoms with van der Waals surface area (Å²) in [7, 11) is 0. The number of rotatable bonds is 4. The van der Waals surface area contributed by atoms with Gasteiger partial charge in [-0.3, -0.25) is 9.55 Å². The molecule has 0 aliphatic heterocycles. The number of hydrogen-bond acceptors (Lipinski definition) is 6. The van der Waals surface area contributed by atoms with E-state index in [1.165, 1.54) is 12.3 Å². The van der Waals surface area contributed by atoms with Crippen LogP contribution >= 0.6 is 0 Å². The topological polar surface area (TPSA) is 81.4 Å². The number of imidazole rings is 1. The molecule has 21 heavy (non-hydrogen) atoms. The van der Waals surface area contributed by atoms with Crippen molar-refractivity contribution >= 4 is 5.95 Å². The van der Waals surface area contributed by atoms with Crippen LogP contribution in [0.1, 0.15) is 6.92 Å². The van der Waals surface area contributed by atoms with Crippen molar-refractivity contribution in [1.29, 1.82) is 0 Å². The highest BCUT2D eigenvalue weighted by atomic mass is 19.1. The largest absolute Gasteiger partial charge is 0.354 e. The van der Waals surface area contributed by atoms with Gasteiger partial charge in [0.15, 0.2) is 11.6 Å². The van der Waals surface area contributed by atoms with Gasteiger partial charge in [-0.1, -0.05) is 0 Å². The molecule has 0 saturated heterocycles. The molecule has 0 bridgehead atoms. The van der Waals surface area contributed by atoms with Crippen LogP contribution in [0.5, 0.6) is 0 Å². The molecule has 0 aromatic carbocycles. The second-order valence-electron chi connectivity index (χ2n) is 4.14. The number of nitrogens with one attached hydrogen (secondary N) is 1. The smallest absolute Gasteiger partial charge is 0.240 e. The van der Waals surface area contributed by atoms with E-state index < -0.39 is 5.82 Å². The molecule has 0 radical (unpaired) electrons. The van der Waals surface area contributed by atoms with E-state index in [1.807, 2.05) is 6.92 Å². The van der Waals surface area contributed by atoms with Crippen molar-refractivity contribution in [2.75, 3.05) is 11.9 Å². The van der Waals surface area contributed by atoms with Gasteiger partial charge in [0, 0.05) is 25.1 Å². The molecule has 3 heterocycles. The lowest BCUT2D eigenvalue weighted by molar-refractivity contribution is 0.623. The van der Waals surface area contributed by atoms with Gasteiger partial charge in [0.05, 0.1) is 11.8 Å². The fourth-order valence-electron chi connectivity index (χ4n) is 1.77. The molecule has 7 nitrogen and oxygen atoms in total. The number of anilines is 1. The molecule has 0 fully saturated rings. The predicted octanol–water partition coefficient (Wildman–Crippen LogP) is 1.69. The van der Waals surface area contributed by atoms with E-state index in [2.05, 4.69) is 30.2 Å². The van der Waals surface area contributed by atoms with Crippen LogP contribution in [0, 0.1) is 5.82 Å². The van der Waals surface area contributed by atoms with Crippen LogP contribution in [-0.2, 0) is 0 Å². The molecule has 0 unspecified atom stereocenters. The lowest BCUT2D eigenvalue weighted by Gasteiger charge is -2.08. The molecular weight excluding hydrogens is 273 g/mol. The zero-order valence-electron chi connectivity index (χ0n) is 11.2. The monoisotopic (exact) mass is 285 g/mol. The SMILES string of the molecule is CCNc1nc(-c2ccncc2F)nc(-n2ccnc2)n1. The lowest BCUT2D eigenvalue weighted by Crippen LogP contribution is -2.09. The summed E-state index contributed by atoms with van der Waals surface area (Å²) in [5, 5.41) is 3.01. The molecule has 0 saturated carbocycles. The first kappa shape index (κ1) is 13.1. The Balaban J connectivity index is 2.14. The first-order chi connectivity index (χ1) is 10.3. The van der Waals surface area contributed by atoms with Crippen molar-refractivity contribution in [3.63, 3.8) is 0 Å². The van der Waals surface area contributed by atoms with Crippen LogP contribution in [0.25, 0.3) is 17.3 Å². The fraction of sp³-hybridized carbons (Fsp3) is 0.154. The minimum Gasteiger partial charge on any atom is -0.354 e. The molecule has 0 aliphatic rings. The molecule has 0 atom stereocenters. The highest BCUT2D eigenvalue weighted by molar-refractivity contribution is 5.57. The highest BCUT2D eigenvalue weighted by Gasteiger charge is 2.12. The van der Waals surface area contributed by atoms with Gasteiger partial charge in [0.1, 0.15) is 6.33 Å². The summed E-state index contributed by atoms with van der Waals surface area (Å²) in [5.74, 6) is 0.499. The van der Waals surface area contributed by atoms with Crippen molar-refractivity contribution in [3.8, 4) is 17.3 Å². The van der Waals surface area contributed by atoms with Crippen LogP contribution in [0.3, 0.4) is 0 Å². The second kappa shape index (κ2) is 5.61. The number of hydrogen-bond donors (Lipinski definition) is 1. The van der Waals surface area contributed by atoms with Crippen LogP contribution in [-0.4, -0.2) is 36.0 Å². The van der Waals surface area contributed by atoms with Gasteiger partial charge in [0.25, 0.3) is 0 Å². The van der Waals surface area contributed by atoms with Crippen molar-refractivity contribution in [2.24, 2.45) is 0 Å². The summed E-state index contributed by atoms with van der Waals surface area (Å²) >= 11 is 0. The minimum atomic E-state index is -0.484. The number of halogens is 1. The normalized spacial score (nSPS) is 10.6. The predicted molar refractivity (Wildman–Crippen MR) is 74.3 cm³/mol. The van der Waals surface area contributed by atoms with Gasteiger partial charge in [-0.25, -0.2) is 9.37 Å². The Morgan fingerprint density at radius 2 is 2.10 bits per heavy atom. The van der Waals surface area contributed by atoms with E-state index in [9.17, 15) is 4.39 Å². The molecule has 3 aromatic rings. The maximum absolute atomic E-state index is 13.9. The summed E-state index contributed by atoms with van der Waals surface area (Å²) in [6, 6.07) is 1.53. The highest BCUT2D eigenvalue weighted by Crippen LogP contribution is 2.19. The quantitative estimate of drug-likeness (QED) is 0.785. The van der Waals surface area contributed by atoms with Crippen molar-refractivity contribution in [3.05, 3.63) is 43.0 Å². The Morgan fingerprint density at radius 1 is 1.19 bits per heavy atom. The standard InChI is InChI=1S/C13H12FN7/c1-2-17-12-18-11(9-3-4-15-7-10(9)14)19-13(20-12)21-6-5-16-8-21/h3-8H,2H2,1H3,(H,17,18,19,20). The van der Waals surface area contributed by atoms with Gasteiger partial charge in [-0.15, -0.1) is 0 Å². The van der Waals surface area contributed by atoms with Gasteiger partial charge < -0.3 is 5.32 Å². The third-order valence-corrected chi connectivity index (χ3v) is 2.71. The van der Waals surface area contributed by atoms with Gasteiger partial charge in [-0.05, 0) is 13.0 Å². The Morgan fingerprint density at radius 3 is 2.81 bits per heavy atom. The second-order valence-corrected chi connectivity index (χ2v) is 4.14. The number of aromatic nitrogens is 6. The first-order valence-corrected chi connectivity index (χ1v) is 6.36. The maximum Gasteiger partial charge on any atom is 0.240 e. The van der Waals surface area contributed by atoms with E-state index in [1.54, 1.807) is 23.3 Å². The van der Waals surface area contributed by atoms with Crippen LogP contribution in [0.15, 0.2) is 37.2 Å². The molecule has 3 aromatic heterocycles. The van der Waals surface area contributed by atoms with Gasteiger partial charge in [-0.2, -0.15) is 15.0 Å². The Bertz CT molecular complexity index is 742. The van der Waals surface area contributed by atoms with Gasteiger partial charge >= 0.3 is 0 Å². The van der Waals surface area contributed by atoms with Gasteiger partial charge in [0.2, 0.25) is 11.9 Å². The summed E-state index contributed by atoms with van der Waals surface area (Å²) in [6.07, 6.45) is 7.51. The number of pyridine rings is 1. The zero-order chi connectivity index (χ0) is 14.7. The van der Waals surface area contributed by atoms with Crippen molar-refractivity contribution in [1.82, 2.24) is 29.5 Å². The average molecular weight is 285 g/mol. The fourth-order valence-corrected chi connectivity index (χ4v) is 1.77. The van der Waals surface area contributed by atoms with Crippen molar-refractivity contribution in [2.45, 2.75) is 6.92 Å². The lowest BCUT2D eigenvalue weighted by atomic mass is 10.2.